The quantitative estimate of drug-likeness (QED) is 0.719. The van der Waals surface area contributed by atoms with E-state index < -0.39 is 0 Å². The maximum absolute atomic E-state index is 5.06. The van der Waals surface area contributed by atoms with Crippen LogP contribution in [0.5, 0.6) is 0 Å². The van der Waals surface area contributed by atoms with Crippen LogP contribution in [0.15, 0.2) is 18.3 Å². The van der Waals surface area contributed by atoms with Crippen molar-refractivity contribution < 1.29 is 4.74 Å². The minimum absolute atomic E-state index is 0.345. The van der Waals surface area contributed by atoms with E-state index in [-0.39, 0.29) is 0 Å². The van der Waals surface area contributed by atoms with E-state index in [2.05, 4.69) is 41.3 Å². The monoisotopic (exact) mass is 251 g/mol. The number of nitrogens with zero attached hydrogens (tertiary/aromatic N) is 2. The largest absolute Gasteiger partial charge is 0.385 e. The Kier molecular flexibility index (Phi) is 6.68. The lowest BCUT2D eigenvalue weighted by Gasteiger charge is -2.20. The molecule has 0 radical (unpaired) electrons. The molecule has 1 N–H and O–H groups in total. The first-order chi connectivity index (χ1) is 8.72. The molecule has 1 atom stereocenters. The molecule has 0 aliphatic rings. The Hall–Kier alpha value is -1.13. The van der Waals surface area contributed by atoms with E-state index in [1.165, 1.54) is 0 Å². The van der Waals surface area contributed by atoms with E-state index in [0.717, 1.165) is 37.4 Å². The van der Waals surface area contributed by atoms with Crippen molar-refractivity contribution in [2.45, 2.75) is 25.8 Å². The number of nitrogens with one attached hydrogen (secondary N) is 1. The summed E-state index contributed by atoms with van der Waals surface area (Å²) >= 11 is 0. The molecule has 18 heavy (non-hydrogen) atoms. The second kappa shape index (κ2) is 8.06. The maximum Gasteiger partial charge on any atom is 0.0574 e. The highest BCUT2D eigenvalue weighted by atomic mass is 16.5. The summed E-state index contributed by atoms with van der Waals surface area (Å²) in [6.45, 7) is 3.94. The normalized spacial score (nSPS) is 12.4. The van der Waals surface area contributed by atoms with Crippen molar-refractivity contribution in [3.8, 4) is 0 Å². The van der Waals surface area contributed by atoms with Crippen LogP contribution in [0.25, 0.3) is 0 Å². The summed E-state index contributed by atoms with van der Waals surface area (Å²) in [7, 11) is 5.79. The lowest BCUT2D eigenvalue weighted by molar-refractivity contribution is 0.196. The lowest BCUT2D eigenvalue weighted by Crippen LogP contribution is -2.21. The number of rotatable bonds is 8. The summed E-state index contributed by atoms with van der Waals surface area (Å²) in [6.07, 6.45) is 4.03. The highest BCUT2D eigenvalue weighted by molar-refractivity contribution is 5.43. The van der Waals surface area contributed by atoms with E-state index in [9.17, 15) is 0 Å². The molecular formula is C14H25N3O. The van der Waals surface area contributed by atoms with Crippen molar-refractivity contribution in [2.24, 2.45) is 0 Å². The van der Waals surface area contributed by atoms with Gasteiger partial charge in [-0.25, -0.2) is 0 Å². The number of ether oxygens (including phenoxy) is 1. The van der Waals surface area contributed by atoms with Gasteiger partial charge in [-0.3, -0.25) is 4.98 Å². The van der Waals surface area contributed by atoms with Crippen LogP contribution < -0.4 is 10.2 Å². The first kappa shape index (κ1) is 14.9. The lowest BCUT2D eigenvalue weighted by atomic mass is 10.1. The van der Waals surface area contributed by atoms with Gasteiger partial charge in [0.1, 0.15) is 0 Å². The van der Waals surface area contributed by atoms with Crippen LogP contribution in [-0.2, 0) is 4.74 Å². The van der Waals surface area contributed by atoms with Crippen LogP contribution in [-0.4, -0.2) is 39.3 Å². The fourth-order valence-corrected chi connectivity index (χ4v) is 1.97. The zero-order valence-corrected chi connectivity index (χ0v) is 11.9. The molecule has 0 bridgehead atoms. The van der Waals surface area contributed by atoms with Crippen LogP contribution in [0.4, 0.5) is 5.69 Å². The van der Waals surface area contributed by atoms with Crippen LogP contribution >= 0.6 is 0 Å². The molecule has 1 rings (SSSR count). The third-order valence-electron chi connectivity index (χ3n) is 3.17. The minimum Gasteiger partial charge on any atom is -0.385 e. The summed E-state index contributed by atoms with van der Waals surface area (Å²) < 4.78 is 5.06. The molecule has 1 aromatic rings. The summed E-state index contributed by atoms with van der Waals surface area (Å²) in [5, 5.41) is 3.27. The zero-order valence-electron chi connectivity index (χ0n) is 11.9. The molecule has 102 valence electrons. The SMILES string of the molecule is CCC(NC)c1ccc(N(C)CCCOC)cn1. The van der Waals surface area contributed by atoms with E-state index in [4.69, 9.17) is 4.74 Å². The fourth-order valence-electron chi connectivity index (χ4n) is 1.97. The summed E-state index contributed by atoms with van der Waals surface area (Å²) in [6, 6.07) is 4.58. The molecule has 0 saturated heterocycles. The molecule has 0 fully saturated rings. The highest BCUT2D eigenvalue weighted by Crippen LogP contribution is 2.17. The van der Waals surface area contributed by atoms with Gasteiger partial charge in [-0.1, -0.05) is 6.92 Å². The Morgan fingerprint density at radius 3 is 2.72 bits per heavy atom. The van der Waals surface area contributed by atoms with Gasteiger partial charge in [-0.05, 0) is 32.0 Å². The van der Waals surface area contributed by atoms with Gasteiger partial charge in [0.05, 0.1) is 17.6 Å². The maximum atomic E-state index is 5.06. The second-order valence-corrected chi connectivity index (χ2v) is 4.46. The van der Waals surface area contributed by atoms with E-state index >= 15 is 0 Å². The number of hydrogen-bond acceptors (Lipinski definition) is 4. The van der Waals surface area contributed by atoms with Crippen molar-refractivity contribution in [1.29, 1.82) is 0 Å². The van der Waals surface area contributed by atoms with E-state index in [1.807, 2.05) is 13.2 Å². The first-order valence-corrected chi connectivity index (χ1v) is 6.56. The van der Waals surface area contributed by atoms with Crippen molar-refractivity contribution in [2.75, 3.05) is 39.3 Å². The second-order valence-electron chi connectivity index (χ2n) is 4.46. The Morgan fingerprint density at radius 1 is 1.44 bits per heavy atom. The molecule has 1 unspecified atom stereocenters. The van der Waals surface area contributed by atoms with Crippen LogP contribution in [0, 0.1) is 0 Å². The summed E-state index contributed by atoms with van der Waals surface area (Å²) in [5.74, 6) is 0. The Balaban J connectivity index is 2.58. The Labute approximate surface area is 110 Å². The van der Waals surface area contributed by atoms with Crippen LogP contribution in [0.1, 0.15) is 31.5 Å². The van der Waals surface area contributed by atoms with Gasteiger partial charge in [-0.2, -0.15) is 0 Å². The predicted octanol–water partition coefficient (Wildman–Crippen LogP) is 2.22. The molecular weight excluding hydrogens is 226 g/mol. The molecule has 4 nitrogen and oxygen atoms in total. The number of anilines is 1. The van der Waals surface area contributed by atoms with Gasteiger partial charge < -0.3 is 15.0 Å². The third kappa shape index (κ3) is 4.27. The first-order valence-electron chi connectivity index (χ1n) is 6.56. The highest BCUT2D eigenvalue weighted by Gasteiger charge is 2.08. The van der Waals surface area contributed by atoms with Crippen molar-refractivity contribution in [3.05, 3.63) is 24.0 Å². The Morgan fingerprint density at radius 2 is 2.22 bits per heavy atom. The Bertz CT molecular complexity index is 322. The molecule has 4 heteroatoms. The van der Waals surface area contributed by atoms with Crippen LogP contribution in [0.2, 0.25) is 0 Å². The van der Waals surface area contributed by atoms with Crippen molar-refractivity contribution in [3.63, 3.8) is 0 Å². The average molecular weight is 251 g/mol. The third-order valence-corrected chi connectivity index (χ3v) is 3.17. The van der Waals surface area contributed by atoms with Crippen molar-refractivity contribution in [1.82, 2.24) is 10.3 Å². The van der Waals surface area contributed by atoms with Gasteiger partial charge in [0.25, 0.3) is 0 Å². The topological polar surface area (TPSA) is 37.4 Å². The molecule has 0 spiro atoms. The zero-order chi connectivity index (χ0) is 13.4. The van der Waals surface area contributed by atoms with Gasteiger partial charge in [0.15, 0.2) is 0 Å². The summed E-state index contributed by atoms with van der Waals surface area (Å²) in [5.41, 5.74) is 2.26. The van der Waals surface area contributed by atoms with E-state index in [0.29, 0.717) is 6.04 Å². The number of methoxy groups -OCH3 is 1. The average Bonchev–Trinajstić information content (AvgIpc) is 2.41. The molecule has 0 amide bonds. The van der Waals surface area contributed by atoms with Gasteiger partial charge >= 0.3 is 0 Å². The van der Waals surface area contributed by atoms with Crippen molar-refractivity contribution >= 4 is 5.69 Å². The fraction of sp³-hybridized carbons (Fsp3) is 0.643. The smallest absolute Gasteiger partial charge is 0.0574 e. The summed E-state index contributed by atoms with van der Waals surface area (Å²) in [4.78, 5) is 6.74. The van der Waals surface area contributed by atoms with Gasteiger partial charge in [-0.15, -0.1) is 0 Å². The minimum atomic E-state index is 0.345. The predicted molar refractivity (Wildman–Crippen MR) is 76.1 cm³/mol. The molecule has 0 aliphatic carbocycles. The molecule has 1 heterocycles. The van der Waals surface area contributed by atoms with Crippen LogP contribution in [0.3, 0.4) is 0 Å². The van der Waals surface area contributed by atoms with Gasteiger partial charge in [0.2, 0.25) is 0 Å². The van der Waals surface area contributed by atoms with E-state index in [1.54, 1.807) is 7.11 Å². The molecule has 0 aliphatic heterocycles. The molecule has 1 aromatic heterocycles. The molecule has 0 aromatic carbocycles. The number of hydrogen-bond donors (Lipinski definition) is 1. The van der Waals surface area contributed by atoms with Gasteiger partial charge in [0, 0.05) is 33.4 Å². The number of pyridine rings is 1. The standard InChI is InChI=1S/C14H25N3O/c1-5-13(15-2)14-8-7-12(11-16-14)17(3)9-6-10-18-4/h7-8,11,13,15H,5-6,9-10H2,1-4H3. The number of aromatic nitrogens is 1. The molecule has 0 saturated carbocycles.